The second-order valence-electron chi connectivity index (χ2n) is 5.57. The van der Waals surface area contributed by atoms with Gasteiger partial charge in [-0.15, -0.1) is 0 Å². The maximum absolute atomic E-state index is 11.9. The molecule has 2 N–H and O–H groups in total. The molecule has 0 spiro atoms. The van der Waals surface area contributed by atoms with Gasteiger partial charge in [-0.3, -0.25) is 4.79 Å². The zero-order valence-corrected chi connectivity index (χ0v) is 12.8. The quantitative estimate of drug-likeness (QED) is 0.771. The normalized spacial score (nSPS) is 12.5. The Kier molecular flexibility index (Phi) is 5.71. The predicted octanol–water partition coefficient (Wildman–Crippen LogP) is 1.79. The van der Waals surface area contributed by atoms with Crippen LogP contribution in [0.15, 0.2) is 27.3 Å². The molecule has 0 aromatic carbocycles. The standard InChI is InChI=1S/C15H21N3O4/c1-10(2)8-11(9-19)16-13(20)5-6-14-17-15(18-22-14)12-4-3-7-21-12/h3-4,7,10-11,19H,5-6,8-9H2,1-2H3,(H,16,20). The van der Waals surface area contributed by atoms with E-state index in [-0.39, 0.29) is 25.0 Å². The van der Waals surface area contributed by atoms with Crippen molar-refractivity contribution in [2.75, 3.05) is 6.61 Å². The minimum Gasteiger partial charge on any atom is -0.461 e. The lowest BCUT2D eigenvalue weighted by Crippen LogP contribution is -2.38. The van der Waals surface area contributed by atoms with Crippen LogP contribution >= 0.6 is 0 Å². The first kappa shape index (κ1) is 16.2. The van der Waals surface area contributed by atoms with Gasteiger partial charge in [0.2, 0.25) is 17.6 Å². The van der Waals surface area contributed by atoms with E-state index in [0.29, 0.717) is 29.8 Å². The van der Waals surface area contributed by atoms with E-state index in [9.17, 15) is 9.90 Å². The third kappa shape index (κ3) is 4.70. The molecule has 2 heterocycles. The van der Waals surface area contributed by atoms with Crippen molar-refractivity contribution in [3.8, 4) is 11.6 Å². The molecule has 0 saturated carbocycles. The number of aromatic nitrogens is 2. The fourth-order valence-electron chi connectivity index (χ4n) is 2.13. The van der Waals surface area contributed by atoms with Crippen LogP contribution in [0.4, 0.5) is 0 Å². The van der Waals surface area contributed by atoms with Gasteiger partial charge in [0.1, 0.15) is 0 Å². The molecule has 1 atom stereocenters. The molecule has 1 amide bonds. The first-order chi connectivity index (χ1) is 10.6. The summed E-state index contributed by atoms with van der Waals surface area (Å²) in [5.41, 5.74) is 0. The van der Waals surface area contributed by atoms with Crippen molar-refractivity contribution in [3.63, 3.8) is 0 Å². The number of nitrogens with zero attached hydrogens (tertiary/aromatic N) is 2. The average molecular weight is 307 g/mol. The van der Waals surface area contributed by atoms with Crippen molar-refractivity contribution >= 4 is 5.91 Å². The summed E-state index contributed by atoms with van der Waals surface area (Å²) >= 11 is 0. The lowest BCUT2D eigenvalue weighted by Gasteiger charge is -2.17. The minimum atomic E-state index is -0.214. The molecule has 0 aliphatic carbocycles. The molecule has 0 radical (unpaired) electrons. The Balaban J connectivity index is 1.81. The summed E-state index contributed by atoms with van der Waals surface area (Å²) in [5, 5.41) is 15.9. The van der Waals surface area contributed by atoms with E-state index in [1.165, 1.54) is 6.26 Å². The highest BCUT2D eigenvalue weighted by molar-refractivity contribution is 5.76. The molecule has 7 nitrogen and oxygen atoms in total. The van der Waals surface area contributed by atoms with E-state index in [2.05, 4.69) is 15.5 Å². The summed E-state index contributed by atoms with van der Waals surface area (Å²) < 4.78 is 10.3. The Bertz CT molecular complexity index is 577. The molecule has 0 bridgehead atoms. The van der Waals surface area contributed by atoms with Gasteiger partial charge >= 0.3 is 0 Å². The lowest BCUT2D eigenvalue weighted by atomic mass is 10.0. The van der Waals surface area contributed by atoms with Crippen LogP contribution in [-0.4, -0.2) is 33.8 Å². The predicted molar refractivity (Wildman–Crippen MR) is 78.8 cm³/mol. The summed E-state index contributed by atoms with van der Waals surface area (Å²) in [4.78, 5) is 16.0. The van der Waals surface area contributed by atoms with Crippen LogP contribution in [0.25, 0.3) is 11.6 Å². The third-order valence-corrected chi connectivity index (χ3v) is 3.12. The molecular weight excluding hydrogens is 286 g/mol. The lowest BCUT2D eigenvalue weighted by molar-refractivity contribution is -0.122. The molecule has 0 aliphatic rings. The average Bonchev–Trinajstić information content (AvgIpc) is 3.14. The number of aliphatic hydroxyl groups excluding tert-OH is 1. The molecule has 120 valence electrons. The van der Waals surface area contributed by atoms with Gasteiger partial charge in [0.25, 0.3) is 0 Å². The molecule has 0 aliphatic heterocycles. The number of carbonyl (C=O) groups is 1. The summed E-state index contributed by atoms with van der Waals surface area (Å²) in [6, 6.07) is 3.26. The van der Waals surface area contributed by atoms with Gasteiger partial charge in [0, 0.05) is 12.8 Å². The first-order valence-electron chi connectivity index (χ1n) is 7.35. The van der Waals surface area contributed by atoms with Gasteiger partial charge in [-0.05, 0) is 24.5 Å². The largest absolute Gasteiger partial charge is 0.461 e. The minimum absolute atomic E-state index is 0.0624. The van der Waals surface area contributed by atoms with Gasteiger partial charge in [-0.2, -0.15) is 4.98 Å². The number of rotatable bonds is 8. The maximum Gasteiger partial charge on any atom is 0.238 e. The summed E-state index contributed by atoms with van der Waals surface area (Å²) in [5.74, 6) is 1.54. The fraction of sp³-hybridized carbons (Fsp3) is 0.533. The summed E-state index contributed by atoms with van der Waals surface area (Å²) in [6.45, 7) is 4.03. The highest BCUT2D eigenvalue weighted by atomic mass is 16.5. The zero-order chi connectivity index (χ0) is 15.9. The third-order valence-electron chi connectivity index (χ3n) is 3.12. The SMILES string of the molecule is CC(C)CC(CO)NC(=O)CCc1nc(-c2ccco2)no1. The highest BCUT2D eigenvalue weighted by Crippen LogP contribution is 2.16. The van der Waals surface area contributed by atoms with E-state index >= 15 is 0 Å². The summed E-state index contributed by atoms with van der Waals surface area (Å²) in [6.07, 6.45) is 2.85. The Morgan fingerprint density at radius 1 is 1.45 bits per heavy atom. The zero-order valence-electron chi connectivity index (χ0n) is 12.8. The van der Waals surface area contributed by atoms with E-state index in [1.54, 1.807) is 12.1 Å². The van der Waals surface area contributed by atoms with Gasteiger partial charge < -0.3 is 19.4 Å². The van der Waals surface area contributed by atoms with Crippen molar-refractivity contribution in [2.45, 2.75) is 39.2 Å². The van der Waals surface area contributed by atoms with E-state index < -0.39 is 0 Å². The van der Waals surface area contributed by atoms with Gasteiger partial charge in [0.05, 0.1) is 18.9 Å². The van der Waals surface area contributed by atoms with Crippen LogP contribution in [-0.2, 0) is 11.2 Å². The molecule has 2 aromatic heterocycles. The van der Waals surface area contributed by atoms with Crippen molar-refractivity contribution in [1.29, 1.82) is 0 Å². The van der Waals surface area contributed by atoms with E-state index in [1.807, 2.05) is 13.8 Å². The Hall–Kier alpha value is -2.15. The second kappa shape index (κ2) is 7.74. The van der Waals surface area contributed by atoms with Crippen LogP contribution < -0.4 is 5.32 Å². The summed E-state index contributed by atoms with van der Waals surface area (Å²) in [7, 11) is 0. The Labute approximate surface area is 128 Å². The van der Waals surface area contributed by atoms with Crippen LogP contribution in [0.3, 0.4) is 0 Å². The number of aliphatic hydroxyl groups is 1. The molecule has 22 heavy (non-hydrogen) atoms. The van der Waals surface area contributed by atoms with Crippen molar-refractivity contribution in [1.82, 2.24) is 15.5 Å². The molecule has 0 fully saturated rings. The van der Waals surface area contributed by atoms with Crippen LogP contribution in [0.5, 0.6) is 0 Å². The van der Waals surface area contributed by atoms with Gasteiger partial charge in [-0.1, -0.05) is 19.0 Å². The number of amides is 1. The number of nitrogens with one attached hydrogen (secondary N) is 1. The van der Waals surface area contributed by atoms with Crippen molar-refractivity contribution in [2.24, 2.45) is 5.92 Å². The molecule has 2 rings (SSSR count). The molecule has 2 aromatic rings. The smallest absolute Gasteiger partial charge is 0.238 e. The number of hydrogen-bond donors (Lipinski definition) is 2. The number of hydrogen-bond acceptors (Lipinski definition) is 6. The van der Waals surface area contributed by atoms with Gasteiger partial charge in [-0.25, -0.2) is 0 Å². The highest BCUT2D eigenvalue weighted by Gasteiger charge is 2.15. The van der Waals surface area contributed by atoms with Crippen molar-refractivity contribution < 1.29 is 18.8 Å². The van der Waals surface area contributed by atoms with Crippen molar-refractivity contribution in [3.05, 3.63) is 24.3 Å². The monoisotopic (exact) mass is 307 g/mol. The van der Waals surface area contributed by atoms with E-state index in [4.69, 9.17) is 8.94 Å². The molecule has 0 saturated heterocycles. The number of carbonyl (C=O) groups excluding carboxylic acids is 1. The Morgan fingerprint density at radius 3 is 2.91 bits per heavy atom. The number of furan rings is 1. The second-order valence-corrected chi connectivity index (χ2v) is 5.57. The van der Waals surface area contributed by atoms with Crippen LogP contribution in [0.2, 0.25) is 0 Å². The van der Waals surface area contributed by atoms with Gasteiger partial charge in [0.15, 0.2) is 5.76 Å². The first-order valence-corrected chi connectivity index (χ1v) is 7.35. The molecular formula is C15H21N3O4. The Morgan fingerprint density at radius 2 is 2.27 bits per heavy atom. The van der Waals surface area contributed by atoms with E-state index in [0.717, 1.165) is 6.42 Å². The molecule has 1 unspecified atom stereocenters. The number of aryl methyl sites for hydroxylation is 1. The topological polar surface area (TPSA) is 101 Å². The van der Waals surface area contributed by atoms with Crippen LogP contribution in [0.1, 0.15) is 32.6 Å². The maximum atomic E-state index is 11.9. The fourth-order valence-corrected chi connectivity index (χ4v) is 2.13. The van der Waals surface area contributed by atoms with Crippen LogP contribution in [0, 0.1) is 5.92 Å². The molecule has 7 heteroatoms.